The predicted octanol–water partition coefficient (Wildman–Crippen LogP) is 17.2. The predicted molar refractivity (Wildman–Crippen MR) is 252 cm³/mol. The molecule has 6 N–H and O–H groups in total. The van der Waals surface area contributed by atoms with Gasteiger partial charge in [-0.05, 0) is 64.1 Å². The Bertz CT molecular complexity index is 638. The lowest BCUT2D eigenvalue weighted by molar-refractivity contribution is 0.498. The third-order valence-electron chi connectivity index (χ3n) is 12.7. The SMILES string of the molecule is NCCCCCCCCCCCCCCCCCC[C](CCCCCCCCCCCCCCCCN)CCCCCCCCCCCCCCCCCN. The first-order valence-electron chi connectivity index (χ1n) is 26.3. The molecule has 0 heterocycles. The Morgan fingerprint density at radius 2 is 0.255 bits per heavy atom. The zero-order valence-electron chi connectivity index (χ0n) is 38.3. The third kappa shape index (κ3) is 50.0. The van der Waals surface area contributed by atoms with Crippen LogP contribution < -0.4 is 17.2 Å². The van der Waals surface area contributed by atoms with Gasteiger partial charge < -0.3 is 17.2 Å². The summed E-state index contributed by atoms with van der Waals surface area (Å²) in [5, 5.41) is 0. The van der Waals surface area contributed by atoms with Crippen molar-refractivity contribution in [3.05, 3.63) is 5.92 Å². The summed E-state index contributed by atoms with van der Waals surface area (Å²) in [4.78, 5) is 0. The van der Waals surface area contributed by atoms with E-state index in [0.29, 0.717) is 0 Å². The minimum atomic E-state index is 0.870. The van der Waals surface area contributed by atoms with Crippen LogP contribution in [0.2, 0.25) is 0 Å². The van der Waals surface area contributed by atoms with Gasteiger partial charge in [0, 0.05) is 0 Å². The fourth-order valence-electron chi connectivity index (χ4n) is 8.83. The second-order valence-corrected chi connectivity index (χ2v) is 18.3. The lowest BCUT2D eigenvalue weighted by Gasteiger charge is -2.16. The monoisotopic (exact) mass is 775 g/mol. The van der Waals surface area contributed by atoms with Crippen LogP contribution in [0.5, 0.6) is 0 Å². The van der Waals surface area contributed by atoms with Crippen molar-refractivity contribution in [2.45, 2.75) is 308 Å². The van der Waals surface area contributed by atoms with Crippen molar-refractivity contribution < 1.29 is 0 Å². The van der Waals surface area contributed by atoms with Crippen LogP contribution in [0.3, 0.4) is 0 Å². The highest BCUT2D eigenvalue weighted by molar-refractivity contribution is 4.89. The molecule has 0 aromatic carbocycles. The smallest absolute Gasteiger partial charge is 0.00773 e. The Labute approximate surface area is 349 Å². The minimum Gasteiger partial charge on any atom is -0.330 e. The molecule has 0 aliphatic rings. The van der Waals surface area contributed by atoms with Crippen LogP contribution in [0.1, 0.15) is 308 Å². The fourth-order valence-corrected chi connectivity index (χ4v) is 8.83. The quantitative estimate of drug-likeness (QED) is 0.0539. The molecule has 3 heteroatoms. The summed E-state index contributed by atoms with van der Waals surface area (Å²) in [6, 6.07) is 0. The molecule has 0 unspecified atom stereocenters. The Hall–Kier alpha value is -0.120. The number of hydrogen-bond acceptors (Lipinski definition) is 3. The third-order valence-corrected chi connectivity index (χ3v) is 12.7. The van der Waals surface area contributed by atoms with Crippen molar-refractivity contribution in [2.24, 2.45) is 17.2 Å². The van der Waals surface area contributed by atoms with Gasteiger partial charge in [0.05, 0.1) is 0 Å². The van der Waals surface area contributed by atoms with Crippen LogP contribution in [-0.4, -0.2) is 19.6 Å². The Kier molecular flexibility index (Phi) is 51.8. The molecule has 0 aromatic rings. The standard InChI is InChI=1S/C52H108N3/c53-49-43-37-31-25-19-13-7-2-1-4-10-16-22-28-34-40-46-52(48-42-36-30-24-18-12-6-9-15-21-27-33-39-45-51-55)47-41-35-29-23-17-11-5-3-8-14-20-26-32-38-44-50-54/h1-51,53-55H2. The molecule has 0 bridgehead atoms. The van der Waals surface area contributed by atoms with Gasteiger partial charge in [0.2, 0.25) is 0 Å². The van der Waals surface area contributed by atoms with Crippen molar-refractivity contribution in [3.63, 3.8) is 0 Å². The van der Waals surface area contributed by atoms with Gasteiger partial charge in [0.1, 0.15) is 0 Å². The number of unbranched alkanes of at least 4 members (excludes halogenated alkanes) is 42. The van der Waals surface area contributed by atoms with Gasteiger partial charge in [-0.3, -0.25) is 0 Å². The zero-order chi connectivity index (χ0) is 39.6. The van der Waals surface area contributed by atoms with Crippen LogP contribution in [-0.2, 0) is 0 Å². The fraction of sp³-hybridized carbons (Fsp3) is 0.981. The topological polar surface area (TPSA) is 78.1 Å². The zero-order valence-corrected chi connectivity index (χ0v) is 38.3. The molecule has 0 atom stereocenters. The second kappa shape index (κ2) is 51.9. The van der Waals surface area contributed by atoms with Crippen molar-refractivity contribution in [3.8, 4) is 0 Å². The first-order chi connectivity index (χ1) is 27.3. The van der Waals surface area contributed by atoms with E-state index < -0.39 is 0 Å². The summed E-state index contributed by atoms with van der Waals surface area (Å²) < 4.78 is 0. The maximum absolute atomic E-state index is 5.61. The molecule has 0 saturated heterocycles. The van der Waals surface area contributed by atoms with E-state index in [2.05, 4.69) is 0 Å². The van der Waals surface area contributed by atoms with Gasteiger partial charge in [0.25, 0.3) is 0 Å². The van der Waals surface area contributed by atoms with Crippen molar-refractivity contribution in [1.82, 2.24) is 0 Å². The van der Waals surface area contributed by atoms with Gasteiger partial charge in [0.15, 0.2) is 0 Å². The Morgan fingerprint density at radius 3 is 0.382 bits per heavy atom. The maximum Gasteiger partial charge on any atom is -0.00773 e. The summed E-state index contributed by atoms with van der Waals surface area (Å²) in [6.45, 7) is 2.61. The van der Waals surface area contributed by atoms with Crippen LogP contribution in [0, 0.1) is 5.92 Å². The van der Waals surface area contributed by atoms with E-state index in [-0.39, 0.29) is 0 Å². The molecule has 55 heavy (non-hydrogen) atoms. The van der Waals surface area contributed by atoms with Crippen molar-refractivity contribution >= 4 is 0 Å². The molecule has 0 aliphatic carbocycles. The summed E-state index contributed by atoms with van der Waals surface area (Å²) in [5.74, 6) is 1.94. The molecule has 0 spiro atoms. The molecule has 3 nitrogen and oxygen atoms in total. The van der Waals surface area contributed by atoms with Gasteiger partial charge in [-0.25, -0.2) is 0 Å². The molecule has 0 fully saturated rings. The first-order valence-corrected chi connectivity index (χ1v) is 26.3. The average Bonchev–Trinajstić information content (AvgIpc) is 3.20. The highest BCUT2D eigenvalue weighted by Crippen LogP contribution is 2.27. The van der Waals surface area contributed by atoms with Gasteiger partial charge in [-0.15, -0.1) is 0 Å². The molecule has 0 rings (SSSR count). The highest BCUT2D eigenvalue weighted by Gasteiger charge is 2.09. The minimum absolute atomic E-state index is 0.870. The molecular formula is C52H108N3. The van der Waals surface area contributed by atoms with Crippen LogP contribution in [0.15, 0.2) is 0 Å². The van der Waals surface area contributed by atoms with Crippen LogP contribution in [0.25, 0.3) is 0 Å². The van der Waals surface area contributed by atoms with E-state index in [1.54, 1.807) is 0 Å². The number of nitrogens with two attached hydrogens (primary N) is 3. The molecule has 0 aliphatic heterocycles. The summed E-state index contributed by atoms with van der Waals surface area (Å²) in [7, 11) is 0. The van der Waals surface area contributed by atoms with Crippen molar-refractivity contribution in [2.75, 3.05) is 19.6 Å². The molecule has 1 radical (unpaired) electrons. The second-order valence-electron chi connectivity index (χ2n) is 18.3. The normalized spacial score (nSPS) is 11.8. The molecule has 0 amide bonds. The van der Waals surface area contributed by atoms with Crippen molar-refractivity contribution in [1.29, 1.82) is 0 Å². The van der Waals surface area contributed by atoms with E-state index in [9.17, 15) is 0 Å². The van der Waals surface area contributed by atoms with E-state index >= 15 is 0 Å². The van der Waals surface area contributed by atoms with E-state index in [1.165, 1.54) is 308 Å². The highest BCUT2D eigenvalue weighted by atomic mass is 14.5. The Balaban J connectivity index is 3.94. The molecule has 0 aromatic heterocycles. The lowest BCUT2D eigenvalue weighted by Crippen LogP contribution is -1.99. The summed E-state index contributed by atoms with van der Waals surface area (Å²) in [5.41, 5.74) is 16.8. The van der Waals surface area contributed by atoms with E-state index in [1.807, 2.05) is 5.92 Å². The largest absolute Gasteiger partial charge is 0.330 e. The molecular weight excluding hydrogens is 667 g/mol. The van der Waals surface area contributed by atoms with Gasteiger partial charge in [-0.1, -0.05) is 270 Å². The maximum atomic E-state index is 5.61. The van der Waals surface area contributed by atoms with Gasteiger partial charge >= 0.3 is 0 Å². The van der Waals surface area contributed by atoms with E-state index in [0.717, 1.165) is 19.6 Å². The lowest BCUT2D eigenvalue weighted by atomic mass is 9.89. The number of hydrogen-bond donors (Lipinski definition) is 3. The summed E-state index contributed by atoms with van der Waals surface area (Å²) >= 11 is 0. The van der Waals surface area contributed by atoms with Crippen LogP contribution in [0.4, 0.5) is 0 Å². The van der Waals surface area contributed by atoms with Gasteiger partial charge in [-0.2, -0.15) is 0 Å². The van der Waals surface area contributed by atoms with E-state index in [4.69, 9.17) is 17.2 Å². The molecule has 331 valence electrons. The molecule has 0 saturated carbocycles. The van der Waals surface area contributed by atoms with Crippen LogP contribution >= 0.6 is 0 Å². The number of rotatable bonds is 51. The first kappa shape index (κ1) is 54.9. The summed E-state index contributed by atoms with van der Waals surface area (Å²) in [6.07, 6.45) is 68.8. The Morgan fingerprint density at radius 1 is 0.145 bits per heavy atom. The average molecular weight is 775 g/mol.